The molecule has 1 aliphatic heterocycles. The molecule has 30 heavy (non-hydrogen) atoms. The second-order valence-electron chi connectivity index (χ2n) is 6.92. The lowest BCUT2D eigenvalue weighted by atomic mass is 10.0. The average Bonchev–Trinajstić information content (AvgIpc) is 2.72. The molecule has 2 aromatic carbocycles. The van der Waals surface area contributed by atoms with Gasteiger partial charge in [0.2, 0.25) is 11.8 Å². The van der Waals surface area contributed by atoms with Gasteiger partial charge in [0.15, 0.2) is 0 Å². The summed E-state index contributed by atoms with van der Waals surface area (Å²) in [7, 11) is 0. The Labute approximate surface area is 187 Å². The Kier molecular flexibility index (Phi) is 7.47. The van der Waals surface area contributed by atoms with Crippen molar-refractivity contribution in [3.05, 3.63) is 63.1 Å². The van der Waals surface area contributed by atoms with E-state index in [9.17, 15) is 14.4 Å². The van der Waals surface area contributed by atoms with E-state index in [1.54, 1.807) is 35.2 Å². The fourth-order valence-electron chi connectivity index (χ4n) is 3.51. The highest BCUT2D eigenvalue weighted by atomic mass is 79.9. The number of carbonyl (C=O) groups excluding carboxylic acids is 3. The molecule has 2 N–H and O–H groups in total. The maximum Gasteiger partial charge on any atom is 0.298 e. The minimum absolute atomic E-state index is 0.00939. The van der Waals surface area contributed by atoms with E-state index in [1.165, 1.54) is 0 Å². The topological polar surface area (TPSA) is 92.9 Å². The maximum absolute atomic E-state index is 12.7. The Balaban J connectivity index is 1.62. The van der Waals surface area contributed by atoms with Gasteiger partial charge >= 0.3 is 0 Å². The van der Waals surface area contributed by atoms with Crippen LogP contribution in [0.2, 0.25) is 5.02 Å². The highest BCUT2D eigenvalue weighted by molar-refractivity contribution is 9.10. The van der Waals surface area contributed by atoms with Crippen LogP contribution in [-0.2, 0) is 20.8 Å². The predicted octanol–water partition coefficient (Wildman–Crippen LogP) is 2.55. The third-order valence-corrected chi connectivity index (χ3v) is 5.88. The first kappa shape index (κ1) is 22.3. The zero-order valence-corrected chi connectivity index (χ0v) is 18.4. The van der Waals surface area contributed by atoms with Crippen LogP contribution >= 0.6 is 27.5 Å². The number of halogens is 2. The van der Waals surface area contributed by atoms with Crippen molar-refractivity contribution in [2.75, 3.05) is 26.2 Å². The molecule has 1 saturated heterocycles. The highest BCUT2D eigenvalue weighted by Gasteiger charge is 2.30. The molecule has 0 saturated carbocycles. The van der Waals surface area contributed by atoms with Gasteiger partial charge in [-0.3, -0.25) is 19.3 Å². The molecule has 2 aromatic rings. The number of piperazine rings is 1. The minimum Gasteiger partial charge on any atom is -0.429 e. The second kappa shape index (κ2) is 10.1. The van der Waals surface area contributed by atoms with E-state index in [1.807, 2.05) is 17.0 Å². The number of hydrogen-bond donors (Lipinski definition) is 1. The summed E-state index contributed by atoms with van der Waals surface area (Å²) in [5.41, 5.74) is 7.14. The molecule has 0 aromatic heterocycles. The first-order chi connectivity index (χ1) is 14.4. The number of ether oxygens (including phenoxy) is 1. The van der Waals surface area contributed by atoms with E-state index < -0.39 is 11.9 Å². The molecule has 1 heterocycles. The number of hydrogen-bond acceptors (Lipinski definition) is 5. The van der Waals surface area contributed by atoms with Crippen LogP contribution in [-0.4, -0.2) is 54.3 Å². The predicted molar refractivity (Wildman–Crippen MR) is 116 cm³/mol. The largest absolute Gasteiger partial charge is 0.429 e. The van der Waals surface area contributed by atoms with Crippen LogP contribution in [0.15, 0.2) is 46.9 Å². The van der Waals surface area contributed by atoms with E-state index in [4.69, 9.17) is 22.1 Å². The fourth-order valence-corrected chi connectivity index (χ4v) is 4.25. The smallest absolute Gasteiger partial charge is 0.298 e. The Morgan fingerprint density at radius 1 is 1.13 bits per heavy atom. The number of nitrogens with two attached hydrogens (primary N) is 1. The van der Waals surface area contributed by atoms with Gasteiger partial charge in [-0.1, -0.05) is 45.7 Å². The summed E-state index contributed by atoms with van der Waals surface area (Å²) in [6.45, 7) is 2.35. The van der Waals surface area contributed by atoms with Gasteiger partial charge < -0.3 is 15.4 Å². The molecule has 1 unspecified atom stereocenters. The monoisotopic (exact) mass is 493 g/mol. The Morgan fingerprint density at radius 3 is 2.37 bits per heavy atom. The average molecular weight is 495 g/mol. The summed E-state index contributed by atoms with van der Waals surface area (Å²) >= 11 is 9.58. The maximum atomic E-state index is 12.7. The highest BCUT2D eigenvalue weighted by Crippen LogP contribution is 2.25. The molecule has 0 aliphatic carbocycles. The summed E-state index contributed by atoms with van der Waals surface area (Å²) in [6.07, 6.45) is 0.226. The summed E-state index contributed by atoms with van der Waals surface area (Å²) in [5.74, 6) is -0.0932. The number of rotatable bonds is 7. The van der Waals surface area contributed by atoms with Gasteiger partial charge in [-0.15, -0.1) is 0 Å². The van der Waals surface area contributed by atoms with Crippen LogP contribution < -0.4 is 10.5 Å². The van der Waals surface area contributed by atoms with Crippen LogP contribution in [0.1, 0.15) is 17.2 Å². The quantitative estimate of drug-likeness (QED) is 0.597. The van der Waals surface area contributed by atoms with Gasteiger partial charge in [0.1, 0.15) is 11.8 Å². The molecule has 158 valence electrons. The summed E-state index contributed by atoms with van der Waals surface area (Å²) in [5, 5.41) is 0.548. The van der Waals surface area contributed by atoms with Crippen LogP contribution in [0.25, 0.3) is 0 Å². The Hall–Kier alpha value is -2.42. The minimum atomic E-state index is -0.617. The van der Waals surface area contributed by atoms with Gasteiger partial charge in [0, 0.05) is 35.7 Å². The van der Waals surface area contributed by atoms with Crippen molar-refractivity contribution in [1.82, 2.24) is 9.80 Å². The van der Waals surface area contributed by atoms with E-state index in [2.05, 4.69) is 15.9 Å². The summed E-state index contributed by atoms with van der Waals surface area (Å²) in [6, 6.07) is 11.5. The molecule has 9 heteroatoms. The van der Waals surface area contributed by atoms with Gasteiger partial charge in [0.05, 0.1) is 6.42 Å². The Bertz CT molecular complexity index is 930. The molecule has 0 bridgehead atoms. The lowest BCUT2D eigenvalue weighted by Crippen LogP contribution is -2.52. The third kappa shape index (κ3) is 5.38. The first-order valence-electron chi connectivity index (χ1n) is 9.34. The number of nitrogens with zero attached hydrogens (tertiary/aromatic N) is 2. The van der Waals surface area contributed by atoms with Crippen molar-refractivity contribution in [3.8, 4) is 5.75 Å². The van der Waals surface area contributed by atoms with Crippen LogP contribution in [0.4, 0.5) is 0 Å². The summed E-state index contributed by atoms with van der Waals surface area (Å²) in [4.78, 5) is 39.0. The molecule has 7 nitrogen and oxygen atoms in total. The first-order valence-corrected chi connectivity index (χ1v) is 10.5. The number of benzene rings is 2. The van der Waals surface area contributed by atoms with Crippen molar-refractivity contribution >= 4 is 45.8 Å². The van der Waals surface area contributed by atoms with Crippen molar-refractivity contribution in [2.45, 2.75) is 12.5 Å². The van der Waals surface area contributed by atoms with E-state index >= 15 is 0 Å². The van der Waals surface area contributed by atoms with Gasteiger partial charge in [-0.25, -0.2) is 0 Å². The van der Waals surface area contributed by atoms with Crippen molar-refractivity contribution in [1.29, 1.82) is 0 Å². The van der Waals surface area contributed by atoms with E-state index in [0.717, 1.165) is 10.0 Å². The number of amides is 2. The molecule has 2 amide bonds. The normalized spacial score (nSPS) is 15.5. The molecule has 1 atom stereocenters. The molecular weight excluding hydrogens is 474 g/mol. The number of carbonyl (C=O) groups is 3. The SMILES string of the molecule is NC(=O)C(c1ccc(OC=O)cc1)N1CCN(C(=O)Cc2ccc(Br)cc2Cl)CC1. The molecule has 0 radical (unpaired) electrons. The summed E-state index contributed by atoms with van der Waals surface area (Å²) < 4.78 is 5.65. The molecule has 3 rings (SSSR count). The lowest BCUT2D eigenvalue weighted by Gasteiger charge is -2.38. The van der Waals surface area contributed by atoms with Gasteiger partial charge in [-0.05, 0) is 35.4 Å². The standard InChI is InChI=1S/C21H21BrClN3O4/c22-16-4-1-15(18(23)12-16)11-19(28)25-7-9-26(10-8-25)20(21(24)29)14-2-5-17(6-3-14)30-13-27/h1-6,12-13,20H,7-11H2,(H2,24,29). The van der Waals surface area contributed by atoms with Gasteiger partial charge in [0.25, 0.3) is 6.47 Å². The van der Waals surface area contributed by atoms with Crippen LogP contribution in [0.5, 0.6) is 5.75 Å². The molecule has 1 fully saturated rings. The van der Waals surface area contributed by atoms with Crippen molar-refractivity contribution in [2.24, 2.45) is 5.73 Å². The molecule has 1 aliphatic rings. The van der Waals surface area contributed by atoms with Gasteiger partial charge in [-0.2, -0.15) is 0 Å². The van der Waals surface area contributed by atoms with Crippen LogP contribution in [0.3, 0.4) is 0 Å². The molecule has 0 spiro atoms. The zero-order chi connectivity index (χ0) is 21.7. The zero-order valence-electron chi connectivity index (χ0n) is 16.1. The van der Waals surface area contributed by atoms with Crippen LogP contribution in [0, 0.1) is 0 Å². The Morgan fingerprint density at radius 2 is 1.80 bits per heavy atom. The van der Waals surface area contributed by atoms with Crippen molar-refractivity contribution in [3.63, 3.8) is 0 Å². The van der Waals surface area contributed by atoms with Crippen molar-refractivity contribution < 1.29 is 19.1 Å². The second-order valence-corrected chi connectivity index (χ2v) is 8.24. The number of primary amides is 1. The molecular formula is C21H21BrClN3O4. The van der Waals surface area contributed by atoms with E-state index in [-0.39, 0.29) is 12.3 Å². The van der Waals surface area contributed by atoms with E-state index in [0.29, 0.717) is 49.0 Å². The fraction of sp³-hybridized carbons (Fsp3) is 0.286. The third-order valence-electron chi connectivity index (χ3n) is 5.04. The lowest BCUT2D eigenvalue weighted by molar-refractivity contribution is -0.133.